The van der Waals surface area contributed by atoms with Crippen molar-refractivity contribution in [3.05, 3.63) is 23.5 Å². The van der Waals surface area contributed by atoms with Crippen LogP contribution < -0.4 is 11.1 Å². The molecule has 2 heterocycles. The molecule has 0 spiro atoms. The fourth-order valence-corrected chi connectivity index (χ4v) is 1.20. The number of rotatable bonds is 0. The van der Waals surface area contributed by atoms with Gasteiger partial charge in [-0.15, -0.1) is 0 Å². The molecule has 0 amide bonds. The van der Waals surface area contributed by atoms with Crippen molar-refractivity contribution in [2.45, 2.75) is 6.54 Å². The second-order valence-electron chi connectivity index (χ2n) is 2.57. The highest BCUT2D eigenvalue weighted by Gasteiger charge is 2.07. The Hall–Kier alpha value is -1.22. The number of hydrogen-bond donors (Lipinski definition) is 2. The minimum atomic E-state index is 0.489. The third kappa shape index (κ3) is 1.14. The third-order valence-electron chi connectivity index (χ3n) is 1.71. The average Bonchev–Trinajstić information content (AvgIpc) is 2.17. The number of hydrogen-bond acceptors (Lipinski definition) is 3. The standard InChI is InChI=1S/C8H10N2O/c9-8-4-6-5-10-3-1-2-7(6)11-8/h1-2,4,10H,3,5,9H2. The summed E-state index contributed by atoms with van der Waals surface area (Å²) in [5.41, 5.74) is 6.62. The van der Waals surface area contributed by atoms with Crippen LogP contribution in [0.15, 0.2) is 16.6 Å². The van der Waals surface area contributed by atoms with E-state index in [9.17, 15) is 0 Å². The Morgan fingerprint density at radius 2 is 2.45 bits per heavy atom. The first-order valence-corrected chi connectivity index (χ1v) is 3.62. The van der Waals surface area contributed by atoms with Gasteiger partial charge in [-0.2, -0.15) is 0 Å². The predicted octanol–water partition coefficient (Wildman–Crippen LogP) is 0.978. The van der Waals surface area contributed by atoms with Crippen LogP contribution in [0.4, 0.5) is 5.88 Å². The fraction of sp³-hybridized carbons (Fsp3) is 0.250. The van der Waals surface area contributed by atoms with Crippen molar-refractivity contribution < 1.29 is 4.42 Å². The molecule has 1 aromatic heterocycles. The minimum Gasteiger partial charge on any atom is -0.441 e. The largest absolute Gasteiger partial charge is 0.441 e. The average molecular weight is 150 g/mol. The van der Waals surface area contributed by atoms with E-state index in [2.05, 4.69) is 5.32 Å². The molecule has 0 saturated carbocycles. The van der Waals surface area contributed by atoms with Crippen molar-refractivity contribution >= 4 is 12.0 Å². The first-order valence-electron chi connectivity index (χ1n) is 3.62. The molecule has 2 rings (SSSR count). The molecule has 0 atom stereocenters. The maximum atomic E-state index is 5.48. The van der Waals surface area contributed by atoms with E-state index in [1.54, 1.807) is 0 Å². The number of furan rings is 1. The van der Waals surface area contributed by atoms with Crippen molar-refractivity contribution in [2.24, 2.45) is 0 Å². The number of nitrogens with two attached hydrogens (primary N) is 1. The van der Waals surface area contributed by atoms with E-state index in [1.165, 1.54) is 0 Å². The molecule has 1 aliphatic rings. The van der Waals surface area contributed by atoms with Crippen LogP contribution in [0.25, 0.3) is 6.08 Å². The summed E-state index contributed by atoms with van der Waals surface area (Å²) in [5.74, 6) is 1.37. The first kappa shape index (κ1) is 6.49. The molecule has 58 valence electrons. The van der Waals surface area contributed by atoms with E-state index in [1.807, 2.05) is 18.2 Å². The molecule has 3 heteroatoms. The maximum absolute atomic E-state index is 5.48. The lowest BCUT2D eigenvalue weighted by Gasteiger charge is -1.93. The van der Waals surface area contributed by atoms with Crippen LogP contribution in [-0.4, -0.2) is 6.54 Å². The van der Waals surface area contributed by atoms with Crippen LogP contribution in [-0.2, 0) is 6.54 Å². The van der Waals surface area contributed by atoms with E-state index >= 15 is 0 Å². The summed E-state index contributed by atoms with van der Waals surface area (Å²) < 4.78 is 5.24. The van der Waals surface area contributed by atoms with Gasteiger partial charge in [0, 0.05) is 24.7 Å². The van der Waals surface area contributed by atoms with E-state index in [-0.39, 0.29) is 0 Å². The number of anilines is 1. The summed E-state index contributed by atoms with van der Waals surface area (Å²) in [6, 6.07) is 1.86. The van der Waals surface area contributed by atoms with E-state index in [0.717, 1.165) is 24.4 Å². The molecule has 0 saturated heterocycles. The molecule has 0 aliphatic carbocycles. The second-order valence-corrected chi connectivity index (χ2v) is 2.57. The normalized spacial score (nSPS) is 16.0. The zero-order chi connectivity index (χ0) is 7.68. The van der Waals surface area contributed by atoms with Crippen LogP contribution in [0.1, 0.15) is 11.3 Å². The minimum absolute atomic E-state index is 0.489. The third-order valence-corrected chi connectivity index (χ3v) is 1.71. The zero-order valence-electron chi connectivity index (χ0n) is 6.13. The maximum Gasteiger partial charge on any atom is 0.191 e. The van der Waals surface area contributed by atoms with E-state index in [4.69, 9.17) is 10.2 Å². The zero-order valence-corrected chi connectivity index (χ0v) is 6.13. The van der Waals surface area contributed by atoms with Gasteiger partial charge in [0.15, 0.2) is 5.88 Å². The summed E-state index contributed by atoms with van der Waals surface area (Å²) >= 11 is 0. The van der Waals surface area contributed by atoms with Crippen LogP contribution in [0.5, 0.6) is 0 Å². The van der Waals surface area contributed by atoms with Crippen molar-refractivity contribution in [2.75, 3.05) is 12.3 Å². The molecule has 3 N–H and O–H groups in total. The summed E-state index contributed by atoms with van der Waals surface area (Å²) in [6.07, 6.45) is 3.97. The number of nitrogen functional groups attached to an aromatic ring is 1. The van der Waals surface area contributed by atoms with Crippen molar-refractivity contribution in [3.63, 3.8) is 0 Å². The Morgan fingerprint density at radius 3 is 3.36 bits per heavy atom. The molecular formula is C8H10N2O. The van der Waals surface area contributed by atoms with Gasteiger partial charge in [-0.3, -0.25) is 0 Å². The summed E-state index contributed by atoms with van der Waals surface area (Å²) in [6.45, 7) is 1.73. The van der Waals surface area contributed by atoms with Crippen LogP contribution in [0.2, 0.25) is 0 Å². The molecular weight excluding hydrogens is 140 g/mol. The quantitative estimate of drug-likeness (QED) is 0.579. The summed E-state index contributed by atoms with van der Waals surface area (Å²) in [5, 5.41) is 3.21. The van der Waals surface area contributed by atoms with Gasteiger partial charge in [-0.05, 0) is 6.08 Å². The smallest absolute Gasteiger partial charge is 0.191 e. The van der Waals surface area contributed by atoms with Gasteiger partial charge in [0.05, 0.1) is 0 Å². The highest BCUT2D eigenvalue weighted by Crippen LogP contribution is 2.19. The number of fused-ring (bicyclic) bond motifs is 1. The lowest BCUT2D eigenvalue weighted by Crippen LogP contribution is -2.10. The van der Waals surface area contributed by atoms with E-state index in [0.29, 0.717) is 5.88 Å². The Morgan fingerprint density at radius 1 is 1.55 bits per heavy atom. The molecule has 3 nitrogen and oxygen atoms in total. The molecule has 0 fully saturated rings. The molecule has 11 heavy (non-hydrogen) atoms. The topological polar surface area (TPSA) is 51.2 Å². The van der Waals surface area contributed by atoms with Crippen LogP contribution in [0, 0.1) is 0 Å². The van der Waals surface area contributed by atoms with Gasteiger partial charge >= 0.3 is 0 Å². The van der Waals surface area contributed by atoms with Gasteiger partial charge in [0.1, 0.15) is 5.76 Å². The fourth-order valence-electron chi connectivity index (χ4n) is 1.20. The van der Waals surface area contributed by atoms with Gasteiger partial charge in [0.2, 0.25) is 0 Å². The lowest BCUT2D eigenvalue weighted by molar-refractivity contribution is 0.572. The lowest BCUT2D eigenvalue weighted by atomic mass is 10.2. The Kier molecular flexibility index (Phi) is 1.43. The molecule has 0 radical (unpaired) electrons. The second kappa shape index (κ2) is 2.43. The highest BCUT2D eigenvalue weighted by atomic mass is 16.3. The molecule has 1 aromatic rings. The molecule has 0 unspecified atom stereocenters. The van der Waals surface area contributed by atoms with Gasteiger partial charge in [-0.1, -0.05) is 6.08 Å². The molecule has 1 aliphatic heterocycles. The first-order chi connectivity index (χ1) is 5.36. The van der Waals surface area contributed by atoms with Gasteiger partial charge in [-0.25, -0.2) is 0 Å². The Bertz CT molecular complexity index is 288. The van der Waals surface area contributed by atoms with Crippen molar-refractivity contribution in [1.29, 1.82) is 0 Å². The van der Waals surface area contributed by atoms with Crippen LogP contribution >= 0.6 is 0 Å². The number of nitrogens with one attached hydrogen (secondary N) is 1. The summed E-state index contributed by atoms with van der Waals surface area (Å²) in [7, 11) is 0. The van der Waals surface area contributed by atoms with Crippen molar-refractivity contribution in [3.8, 4) is 0 Å². The molecule has 0 aromatic carbocycles. The Balaban J connectivity index is 2.44. The predicted molar refractivity (Wildman–Crippen MR) is 43.9 cm³/mol. The SMILES string of the molecule is Nc1cc2c(o1)C=CCNC2. The Labute approximate surface area is 64.9 Å². The highest BCUT2D eigenvalue weighted by molar-refractivity contribution is 5.52. The van der Waals surface area contributed by atoms with Crippen molar-refractivity contribution in [1.82, 2.24) is 5.32 Å². The van der Waals surface area contributed by atoms with Crippen LogP contribution in [0.3, 0.4) is 0 Å². The van der Waals surface area contributed by atoms with Gasteiger partial charge < -0.3 is 15.5 Å². The monoisotopic (exact) mass is 150 g/mol. The van der Waals surface area contributed by atoms with Gasteiger partial charge in [0.25, 0.3) is 0 Å². The molecule has 0 bridgehead atoms. The summed E-state index contributed by atoms with van der Waals surface area (Å²) in [4.78, 5) is 0. The van der Waals surface area contributed by atoms with E-state index < -0.39 is 0 Å².